The Balaban J connectivity index is 0.00000162. The molecule has 5 nitrogen and oxygen atoms in total. The van der Waals surface area contributed by atoms with E-state index in [0.717, 1.165) is 17.1 Å². The third kappa shape index (κ3) is 3.27. The van der Waals surface area contributed by atoms with Gasteiger partial charge in [-0.3, -0.25) is 4.79 Å². The van der Waals surface area contributed by atoms with Crippen molar-refractivity contribution in [3.05, 3.63) is 23.8 Å². The van der Waals surface area contributed by atoms with Gasteiger partial charge in [-0.05, 0) is 17.7 Å². The first kappa shape index (κ1) is 14.6. The van der Waals surface area contributed by atoms with Crippen LogP contribution < -0.4 is 15.2 Å². The molecule has 6 heteroatoms. The topological polar surface area (TPSA) is 64.8 Å². The van der Waals surface area contributed by atoms with E-state index >= 15 is 0 Å². The zero-order valence-corrected chi connectivity index (χ0v) is 11.0. The number of rotatable bonds is 3. The highest BCUT2D eigenvalue weighted by Crippen LogP contribution is 2.30. The van der Waals surface area contributed by atoms with Crippen LogP contribution in [-0.2, 0) is 11.3 Å². The van der Waals surface area contributed by atoms with Gasteiger partial charge in [-0.1, -0.05) is 6.07 Å². The lowest BCUT2D eigenvalue weighted by atomic mass is 10.2. The van der Waals surface area contributed by atoms with Gasteiger partial charge in [0.1, 0.15) is 13.2 Å². The van der Waals surface area contributed by atoms with Crippen LogP contribution in [0.15, 0.2) is 18.2 Å². The molecule has 0 bridgehead atoms. The molecule has 1 heterocycles. The molecular weight excluding hydrogens is 256 g/mol. The number of benzene rings is 1. The summed E-state index contributed by atoms with van der Waals surface area (Å²) in [6, 6.07) is 5.69. The fourth-order valence-corrected chi connectivity index (χ4v) is 1.70. The molecule has 1 aromatic carbocycles. The molecule has 0 radical (unpaired) electrons. The summed E-state index contributed by atoms with van der Waals surface area (Å²) in [5, 5.41) is 0. The number of hydrogen-bond donors (Lipinski definition) is 1. The van der Waals surface area contributed by atoms with Crippen molar-refractivity contribution >= 4 is 18.3 Å². The van der Waals surface area contributed by atoms with E-state index in [0.29, 0.717) is 19.8 Å². The van der Waals surface area contributed by atoms with Gasteiger partial charge in [-0.25, -0.2) is 0 Å². The second kappa shape index (κ2) is 6.47. The van der Waals surface area contributed by atoms with Crippen molar-refractivity contribution in [2.75, 3.05) is 26.8 Å². The van der Waals surface area contributed by atoms with E-state index in [9.17, 15) is 4.79 Å². The van der Waals surface area contributed by atoms with E-state index in [1.165, 1.54) is 0 Å². The second-order valence-corrected chi connectivity index (χ2v) is 3.93. The summed E-state index contributed by atoms with van der Waals surface area (Å²) in [7, 11) is 1.73. The van der Waals surface area contributed by atoms with E-state index in [4.69, 9.17) is 15.2 Å². The van der Waals surface area contributed by atoms with Crippen LogP contribution in [0.25, 0.3) is 0 Å². The number of carbonyl (C=O) groups is 1. The highest BCUT2D eigenvalue weighted by Gasteiger charge is 2.13. The Hall–Kier alpha value is -1.46. The summed E-state index contributed by atoms with van der Waals surface area (Å²) >= 11 is 0. The quantitative estimate of drug-likeness (QED) is 0.884. The van der Waals surface area contributed by atoms with Crippen LogP contribution in [0.2, 0.25) is 0 Å². The third-order valence-corrected chi connectivity index (χ3v) is 2.63. The van der Waals surface area contributed by atoms with Crippen LogP contribution in [-0.4, -0.2) is 37.6 Å². The maximum Gasteiger partial charge on any atom is 0.236 e. The first-order chi connectivity index (χ1) is 8.20. The molecule has 1 aliphatic heterocycles. The molecule has 0 aromatic heterocycles. The largest absolute Gasteiger partial charge is 0.486 e. The zero-order valence-electron chi connectivity index (χ0n) is 10.2. The lowest BCUT2D eigenvalue weighted by Gasteiger charge is -2.21. The average Bonchev–Trinajstić information content (AvgIpc) is 2.37. The predicted octanol–water partition coefficient (Wildman–Crippen LogP) is 0.797. The van der Waals surface area contributed by atoms with E-state index in [-0.39, 0.29) is 24.9 Å². The molecule has 1 amide bonds. The van der Waals surface area contributed by atoms with Gasteiger partial charge in [0.05, 0.1) is 6.54 Å². The van der Waals surface area contributed by atoms with Crippen molar-refractivity contribution in [1.29, 1.82) is 0 Å². The number of fused-ring (bicyclic) bond motifs is 1. The Morgan fingerprint density at radius 3 is 2.67 bits per heavy atom. The lowest BCUT2D eigenvalue weighted by Crippen LogP contribution is -2.32. The highest BCUT2D eigenvalue weighted by molar-refractivity contribution is 5.85. The molecule has 100 valence electrons. The maximum atomic E-state index is 11.3. The lowest BCUT2D eigenvalue weighted by molar-refractivity contribution is -0.128. The van der Waals surface area contributed by atoms with E-state index < -0.39 is 0 Å². The van der Waals surface area contributed by atoms with Crippen LogP contribution in [0.1, 0.15) is 5.56 Å². The molecule has 0 fully saturated rings. The van der Waals surface area contributed by atoms with Crippen molar-refractivity contribution < 1.29 is 14.3 Å². The molecule has 0 aliphatic carbocycles. The number of ether oxygens (including phenoxy) is 2. The number of amides is 1. The van der Waals surface area contributed by atoms with Crippen molar-refractivity contribution in [3.63, 3.8) is 0 Å². The van der Waals surface area contributed by atoms with Crippen LogP contribution >= 0.6 is 12.4 Å². The standard InChI is InChI=1S/C12H16N2O3.ClH/c1-14(12(15)7-13)8-9-2-3-10-11(6-9)17-5-4-16-10;/h2-3,6H,4-5,7-8,13H2,1H3;1H. The Bertz CT molecular complexity index is 426. The minimum atomic E-state index is -0.0834. The van der Waals surface area contributed by atoms with Crippen molar-refractivity contribution in [3.8, 4) is 11.5 Å². The van der Waals surface area contributed by atoms with Gasteiger partial charge < -0.3 is 20.1 Å². The smallest absolute Gasteiger partial charge is 0.236 e. The summed E-state index contributed by atoms with van der Waals surface area (Å²) in [4.78, 5) is 12.9. The Morgan fingerprint density at radius 1 is 1.33 bits per heavy atom. The first-order valence-electron chi connectivity index (χ1n) is 5.53. The van der Waals surface area contributed by atoms with Crippen molar-refractivity contribution in [2.24, 2.45) is 5.73 Å². The minimum Gasteiger partial charge on any atom is -0.486 e. The third-order valence-electron chi connectivity index (χ3n) is 2.63. The fraction of sp³-hybridized carbons (Fsp3) is 0.417. The first-order valence-corrected chi connectivity index (χ1v) is 5.53. The van der Waals surface area contributed by atoms with Crippen LogP contribution in [0.3, 0.4) is 0 Å². The Labute approximate surface area is 112 Å². The van der Waals surface area contributed by atoms with E-state index in [1.54, 1.807) is 11.9 Å². The summed E-state index contributed by atoms with van der Waals surface area (Å²) < 4.78 is 10.9. The molecule has 1 aromatic rings. The molecule has 0 atom stereocenters. The molecule has 0 saturated carbocycles. The van der Waals surface area contributed by atoms with Gasteiger partial charge in [0, 0.05) is 13.6 Å². The molecule has 0 unspecified atom stereocenters. The summed E-state index contributed by atoms with van der Waals surface area (Å²) in [5.74, 6) is 1.41. The SMILES string of the molecule is CN(Cc1ccc2c(c1)OCCO2)C(=O)CN.Cl. The van der Waals surface area contributed by atoms with Crippen LogP contribution in [0, 0.1) is 0 Å². The normalized spacial score (nSPS) is 12.6. The highest BCUT2D eigenvalue weighted by atomic mass is 35.5. The minimum absolute atomic E-state index is 0. The summed E-state index contributed by atoms with van der Waals surface area (Å²) in [6.07, 6.45) is 0. The molecule has 0 spiro atoms. The molecule has 2 N–H and O–H groups in total. The Morgan fingerprint density at radius 2 is 2.00 bits per heavy atom. The Kier molecular flexibility index (Phi) is 5.25. The fourth-order valence-electron chi connectivity index (χ4n) is 1.70. The number of halogens is 1. The number of nitrogens with zero attached hydrogens (tertiary/aromatic N) is 1. The average molecular weight is 273 g/mol. The van der Waals surface area contributed by atoms with Gasteiger partial charge in [0.25, 0.3) is 0 Å². The number of hydrogen-bond acceptors (Lipinski definition) is 4. The van der Waals surface area contributed by atoms with Crippen molar-refractivity contribution in [1.82, 2.24) is 4.90 Å². The van der Waals surface area contributed by atoms with Gasteiger partial charge in [-0.15, -0.1) is 12.4 Å². The van der Waals surface area contributed by atoms with Crippen LogP contribution in [0.5, 0.6) is 11.5 Å². The van der Waals surface area contributed by atoms with Crippen molar-refractivity contribution in [2.45, 2.75) is 6.54 Å². The monoisotopic (exact) mass is 272 g/mol. The summed E-state index contributed by atoms with van der Waals surface area (Å²) in [6.45, 7) is 1.69. The molecule has 1 aliphatic rings. The number of carbonyl (C=O) groups excluding carboxylic acids is 1. The number of likely N-dealkylation sites (N-methyl/N-ethyl adjacent to an activating group) is 1. The van der Waals surface area contributed by atoms with Gasteiger partial charge in [-0.2, -0.15) is 0 Å². The van der Waals surface area contributed by atoms with Gasteiger partial charge in [0.15, 0.2) is 11.5 Å². The molecule has 0 saturated heterocycles. The molecule has 18 heavy (non-hydrogen) atoms. The molecular formula is C12H17ClN2O3. The van der Waals surface area contributed by atoms with Gasteiger partial charge in [0.2, 0.25) is 5.91 Å². The zero-order chi connectivity index (χ0) is 12.3. The maximum absolute atomic E-state index is 11.3. The van der Waals surface area contributed by atoms with E-state index in [2.05, 4.69) is 0 Å². The molecule has 2 rings (SSSR count). The predicted molar refractivity (Wildman–Crippen MR) is 70.2 cm³/mol. The number of nitrogens with two attached hydrogens (primary N) is 1. The van der Waals surface area contributed by atoms with Gasteiger partial charge >= 0.3 is 0 Å². The summed E-state index contributed by atoms with van der Waals surface area (Å²) in [5.41, 5.74) is 6.30. The van der Waals surface area contributed by atoms with Crippen LogP contribution in [0.4, 0.5) is 0 Å². The second-order valence-electron chi connectivity index (χ2n) is 3.93. The van der Waals surface area contributed by atoms with E-state index in [1.807, 2.05) is 18.2 Å².